The van der Waals surface area contributed by atoms with E-state index in [0.29, 0.717) is 0 Å². The van der Waals surface area contributed by atoms with Crippen molar-refractivity contribution in [2.45, 2.75) is 57.2 Å². The summed E-state index contributed by atoms with van der Waals surface area (Å²) in [5.41, 5.74) is 1.32. The number of hydrogen-bond acceptors (Lipinski definition) is 6. The molecule has 0 unspecified atom stereocenters. The predicted molar refractivity (Wildman–Crippen MR) is 146 cm³/mol. The molecule has 13 heteroatoms. The van der Waals surface area contributed by atoms with Crippen molar-refractivity contribution in [3.8, 4) is 0 Å². The third-order valence-electron chi connectivity index (χ3n) is 7.16. The molecule has 0 radical (unpaired) electrons. The largest absolute Gasteiger partial charge is 0.424 e. The molecule has 1 fully saturated rings. The van der Waals surface area contributed by atoms with Crippen LogP contribution in [-0.4, -0.2) is 27.2 Å². The van der Waals surface area contributed by atoms with Crippen LogP contribution in [0.25, 0.3) is 5.32 Å². The lowest BCUT2D eigenvalue weighted by atomic mass is 9.82. The molecule has 42 heavy (non-hydrogen) atoms. The molecule has 1 saturated carbocycles. The second-order valence-electron chi connectivity index (χ2n) is 10.2. The summed E-state index contributed by atoms with van der Waals surface area (Å²) in [6.45, 7) is 1.84. The molecule has 0 saturated heterocycles. The highest BCUT2D eigenvalue weighted by Gasteiger charge is 2.33. The van der Waals surface area contributed by atoms with E-state index in [0.717, 1.165) is 54.5 Å². The van der Waals surface area contributed by atoms with Gasteiger partial charge in [-0.05, 0) is 66.3 Å². The van der Waals surface area contributed by atoms with Gasteiger partial charge in [0.05, 0.1) is 12.0 Å². The second kappa shape index (κ2) is 12.4. The van der Waals surface area contributed by atoms with Crippen LogP contribution in [0.1, 0.15) is 59.9 Å². The lowest BCUT2D eigenvalue weighted by molar-refractivity contribution is -0.787. The molecule has 218 valence electrons. The van der Waals surface area contributed by atoms with Gasteiger partial charge in [0.2, 0.25) is 18.0 Å². The first-order valence-electron chi connectivity index (χ1n) is 13.4. The van der Waals surface area contributed by atoms with Crippen LogP contribution in [0.4, 0.5) is 35.2 Å². The van der Waals surface area contributed by atoms with Crippen LogP contribution in [0.3, 0.4) is 0 Å². The first-order valence-corrected chi connectivity index (χ1v) is 13.4. The average molecular weight is 580 g/mol. The minimum Gasteiger partial charge on any atom is -0.424 e. The number of alkyl halides is 3. The lowest BCUT2D eigenvalue weighted by Gasteiger charge is -2.23. The van der Waals surface area contributed by atoms with Crippen molar-refractivity contribution >= 4 is 29.2 Å². The number of urea groups is 1. The number of carbonyl (C=O) groups is 2. The van der Waals surface area contributed by atoms with Crippen LogP contribution in [0.5, 0.6) is 0 Å². The van der Waals surface area contributed by atoms with Crippen LogP contribution in [0.2, 0.25) is 0 Å². The fourth-order valence-corrected chi connectivity index (χ4v) is 5.07. The zero-order valence-corrected chi connectivity index (χ0v) is 22.6. The smallest absolute Gasteiger partial charge is 0.416 e. The van der Waals surface area contributed by atoms with Gasteiger partial charge in [-0.3, -0.25) is 9.59 Å². The third-order valence-corrected chi connectivity index (χ3v) is 7.16. The Hall–Kier alpha value is -4.81. The number of nitrogens with one attached hydrogen (secondary N) is 2. The number of anilines is 2. The van der Waals surface area contributed by atoms with E-state index in [2.05, 4.69) is 31.2 Å². The molecule has 2 aromatic heterocycles. The maximum atomic E-state index is 13.6. The van der Waals surface area contributed by atoms with Gasteiger partial charge in [0, 0.05) is 30.9 Å². The van der Waals surface area contributed by atoms with E-state index >= 15 is 0 Å². The molecular weight excluding hydrogens is 551 g/mol. The lowest BCUT2D eigenvalue weighted by Crippen LogP contribution is -2.42. The van der Waals surface area contributed by atoms with Crippen LogP contribution < -0.4 is 15.3 Å². The van der Waals surface area contributed by atoms with Crippen LogP contribution in [0.15, 0.2) is 71.9 Å². The van der Waals surface area contributed by atoms with Crippen LogP contribution in [-0.2, 0) is 17.4 Å². The summed E-state index contributed by atoms with van der Waals surface area (Å²) in [5, 5.41) is 12.6. The maximum Gasteiger partial charge on any atom is 0.416 e. The third kappa shape index (κ3) is 7.28. The standard InChI is InChI=1S/C29H28F3N7O3/c1-18-5-2-3-6-19(18)10-26(40)35-23-11-22(29(30,31)32)12-24(13-23)36-28(41)37-27-16-39(38-42-27)25-8-4-7-20(9-25)21-14-33-17-34-15-21/h2-3,5-6,11-17,20,25H,4,7-10H2,1H3,(H2-,35,36,37,38,40,41)/t20-,25-/m0/s1. The van der Waals surface area contributed by atoms with Gasteiger partial charge < -0.3 is 20.5 Å². The Balaban J connectivity index is 1.24. The second-order valence-corrected chi connectivity index (χ2v) is 10.2. The number of nitrogens with zero attached hydrogens (tertiary/aromatic N) is 5. The van der Waals surface area contributed by atoms with Crippen molar-refractivity contribution in [3.05, 3.63) is 95.0 Å². The Morgan fingerprint density at radius 3 is 2.55 bits per heavy atom. The Morgan fingerprint density at radius 2 is 1.81 bits per heavy atom. The molecule has 2 atom stereocenters. The van der Waals surface area contributed by atoms with Crippen LogP contribution in [0, 0.1) is 6.92 Å². The van der Waals surface area contributed by atoms with E-state index in [1.54, 1.807) is 29.2 Å². The average Bonchev–Trinajstić information content (AvgIpc) is 3.42. The van der Waals surface area contributed by atoms with E-state index in [4.69, 9.17) is 4.52 Å². The summed E-state index contributed by atoms with van der Waals surface area (Å²) in [6.07, 6.45) is 5.41. The Labute approximate surface area is 239 Å². The van der Waals surface area contributed by atoms with Gasteiger partial charge in [-0.15, -0.1) is 0 Å². The number of aryl methyl sites for hydroxylation is 1. The monoisotopic (exact) mass is 579 g/mol. The maximum absolute atomic E-state index is 13.6. The van der Waals surface area contributed by atoms with E-state index < -0.39 is 23.7 Å². The minimum atomic E-state index is -4.71. The van der Waals surface area contributed by atoms with E-state index in [1.165, 1.54) is 18.6 Å². The molecule has 1 aliphatic carbocycles. The number of amides is 3. The number of hydrogen-bond donors (Lipinski definition) is 2. The summed E-state index contributed by atoms with van der Waals surface area (Å²) < 4.78 is 47.6. The molecule has 0 aliphatic heterocycles. The van der Waals surface area contributed by atoms with Crippen LogP contribution >= 0.6 is 0 Å². The minimum absolute atomic E-state index is 0.00836. The van der Waals surface area contributed by atoms with Gasteiger partial charge in [0.1, 0.15) is 6.33 Å². The fourth-order valence-electron chi connectivity index (χ4n) is 5.07. The van der Waals surface area contributed by atoms with Gasteiger partial charge in [-0.1, -0.05) is 28.9 Å². The molecule has 0 spiro atoms. The van der Waals surface area contributed by atoms with Crippen molar-refractivity contribution in [2.75, 3.05) is 10.6 Å². The topological polar surface area (TPSA) is 128 Å². The zero-order chi connectivity index (χ0) is 29.7. The summed E-state index contributed by atoms with van der Waals surface area (Å²) >= 11 is 0. The van der Waals surface area contributed by atoms with E-state index in [9.17, 15) is 22.8 Å². The van der Waals surface area contributed by atoms with Crippen molar-refractivity contribution < 1.29 is 32.0 Å². The highest BCUT2D eigenvalue weighted by molar-refractivity contribution is 6.04. The molecule has 5 rings (SSSR count). The van der Waals surface area contributed by atoms with Crippen molar-refractivity contribution in [1.29, 1.82) is 0 Å². The first kappa shape index (κ1) is 28.7. The summed E-state index contributed by atoms with van der Waals surface area (Å²) in [7, 11) is 0. The molecule has 4 aromatic rings. The zero-order valence-electron chi connectivity index (χ0n) is 22.6. The van der Waals surface area contributed by atoms with Crippen molar-refractivity contribution in [1.82, 2.24) is 15.2 Å². The number of benzene rings is 2. The number of halogens is 3. The Kier molecular flexibility index (Phi) is 8.46. The van der Waals surface area contributed by atoms with Crippen molar-refractivity contribution in [2.24, 2.45) is 0 Å². The summed E-state index contributed by atoms with van der Waals surface area (Å²) in [4.78, 5) is 33.4. The molecular formula is C29H28F3N7O3. The summed E-state index contributed by atoms with van der Waals surface area (Å²) in [6, 6.07) is 9.06. The van der Waals surface area contributed by atoms with Gasteiger partial charge in [-0.2, -0.15) is 13.2 Å². The Bertz CT molecular complexity index is 1560. The number of carbonyl (C=O) groups excluding carboxylic acids is 2. The van der Waals surface area contributed by atoms with Gasteiger partial charge in [-0.25, -0.2) is 9.97 Å². The normalized spacial score (nSPS) is 17.0. The SMILES string of the molecule is Cc1ccccc1CC(=O)Nc1cc(NC(=O)[N-]c2c[n+]([C@H]3CCC[C@H](c4cncnc4)C3)no2)cc(C(F)(F)F)c1. The highest BCUT2D eigenvalue weighted by atomic mass is 19.4. The Morgan fingerprint density at radius 1 is 1.07 bits per heavy atom. The highest BCUT2D eigenvalue weighted by Crippen LogP contribution is 2.36. The molecule has 1 aliphatic rings. The van der Waals surface area contributed by atoms with Gasteiger partial charge >= 0.3 is 6.18 Å². The predicted octanol–water partition coefficient (Wildman–Crippen LogP) is 6.40. The molecule has 0 bridgehead atoms. The molecule has 2 N–H and O–H groups in total. The molecule has 2 heterocycles. The van der Waals surface area contributed by atoms with E-state index in [-0.39, 0.29) is 35.6 Å². The van der Waals surface area contributed by atoms with Gasteiger partial charge in [0.25, 0.3) is 0 Å². The van der Waals surface area contributed by atoms with Crippen molar-refractivity contribution in [3.63, 3.8) is 0 Å². The molecule has 3 amide bonds. The number of aromatic nitrogens is 4. The quantitative estimate of drug-likeness (QED) is 0.244. The van der Waals surface area contributed by atoms with Gasteiger partial charge in [0.15, 0.2) is 17.3 Å². The number of rotatable bonds is 7. The molecule has 2 aromatic carbocycles. The summed E-state index contributed by atoms with van der Waals surface area (Å²) in [5.74, 6) is -0.344. The first-order chi connectivity index (χ1) is 20.1. The fraction of sp³-hybridized carbons (Fsp3) is 0.310. The van der Waals surface area contributed by atoms with E-state index in [1.807, 2.05) is 19.1 Å². The molecule has 10 nitrogen and oxygen atoms in total.